The van der Waals surface area contributed by atoms with E-state index in [0.717, 1.165) is 101 Å². The summed E-state index contributed by atoms with van der Waals surface area (Å²) in [4.78, 5) is 79.5. The molecule has 1 atom stereocenters. The van der Waals surface area contributed by atoms with Gasteiger partial charge in [-0.15, -0.1) is 0 Å². The van der Waals surface area contributed by atoms with Gasteiger partial charge in [0.1, 0.15) is 17.4 Å². The number of aryl methyl sites for hydroxylation is 1. The Bertz CT molecular complexity index is 2310. The van der Waals surface area contributed by atoms with Crippen molar-refractivity contribution in [2.45, 2.75) is 77.3 Å². The lowest BCUT2D eigenvalue weighted by atomic mass is 9.95. The molecule has 2 aromatic carbocycles. The van der Waals surface area contributed by atoms with E-state index in [9.17, 15) is 24.0 Å². The number of fused-ring (bicyclic) bond motifs is 1. The molecule has 0 radical (unpaired) electrons. The maximum absolute atomic E-state index is 13.6. The molecule has 4 fully saturated rings. The van der Waals surface area contributed by atoms with Gasteiger partial charge < -0.3 is 25.2 Å². The summed E-state index contributed by atoms with van der Waals surface area (Å²) in [6.45, 7) is 10.1. The van der Waals surface area contributed by atoms with Crippen molar-refractivity contribution in [1.82, 2.24) is 30.1 Å². The first-order valence-corrected chi connectivity index (χ1v) is 20.9. The van der Waals surface area contributed by atoms with E-state index >= 15 is 0 Å². The number of nitrogens with one attached hydrogen (secondary N) is 3. The van der Waals surface area contributed by atoms with Crippen molar-refractivity contribution in [1.29, 1.82) is 0 Å². The van der Waals surface area contributed by atoms with Gasteiger partial charge in [0.2, 0.25) is 17.8 Å². The summed E-state index contributed by atoms with van der Waals surface area (Å²) in [6.07, 6.45) is 8.25. The van der Waals surface area contributed by atoms with E-state index in [4.69, 9.17) is 9.72 Å². The highest BCUT2D eigenvalue weighted by Gasteiger charge is 2.30. The van der Waals surface area contributed by atoms with Gasteiger partial charge in [-0.1, -0.05) is 12.8 Å². The minimum atomic E-state index is -0.749. The summed E-state index contributed by atoms with van der Waals surface area (Å²) >= 11 is 0. The average molecular weight is 804 g/mol. The number of ether oxygens (including phenoxy) is 1. The molecule has 3 amide bonds. The second-order valence-electron chi connectivity index (χ2n) is 16.4. The molecule has 4 aromatic rings. The van der Waals surface area contributed by atoms with Crippen LogP contribution in [0.4, 0.5) is 23.0 Å². The average Bonchev–Trinajstić information content (AvgIpc) is 3.77. The number of aromatic nitrogens is 3. The number of hydrogen-bond donors (Lipinski definition) is 3. The first kappa shape index (κ1) is 40.0. The van der Waals surface area contributed by atoms with Crippen molar-refractivity contribution in [3.63, 3.8) is 0 Å². The fourth-order valence-corrected chi connectivity index (χ4v) is 9.25. The number of hydrogen-bond acceptors (Lipinski definition) is 12. The van der Waals surface area contributed by atoms with Crippen molar-refractivity contribution in [2.24, 2.45) is 5.92 Å². The van der Waals surface area contributed by atoms with Gasteiger partial charge in [-0.3, -0.25) is 38.8 Å². The van der Waals surface area contributed by atoms with Gasteiger partial charge in [-0.05, 0) is 93.8 Å². The summed E-state index contributed by atoms with van der Waals surface area (Å²) in [7, 11) is 1.54. The molecule has 15 nitrogen and oxygen atoms in total. The van der Waals surface area contributed by atoms with E-state index in [2.05, 4.69) is 47.8 Å². The summed E-state index contributed by atoms with van der Waals surface area (Å²) in [5.74, 6) is 0.0226. The van der Waals surface area contributed by atoms with Gasteiger partial charge in [0, 0.05) is 93.0 Å². The smallest absolute Gasteiger partial charge is 0.263 e. The Morgan fingerprint density at radius 3 is 2.25 bits per heavy atom. The quantitative estimate of drug-likeness (QED) is 0.141. The number of pyridine rings is 1. The van der Waals surface area contributed by atoms with Gasteiger partial charge in [0.05, 0.1) is 18.2 Å². The maximum Gasteiger partial charge on any atom is 0.263 e. The largest absolute Gasteiger partial charge is 0.496 e. The van der Waals surface area contributed by atoms with Crippen LogP contribution < -0.4 is 36.0 Å². The predicted molar refractivity (Wildman–Crippen MR) is 226 cm³/mol. The molecule has 0 spiro atoms. The molecule has 1 aliphatic carbocycles. The number of piperazine rings is 1. The SMILES string of the molecule is COc1cc(N2CCC(CN3CCN(c4ccc(Nc5ncc6c(C)c(C(C)=O)c(=O)n(C7CCCC7)c6n5)cc4)CC3)CC2)ccc1C(=O)N[C@H]1CCC(=O)NC1=O. The molecule has 3 aliphatic heterocycles. The highest BCUT2D eigenvalue weighted by atomic mass is 16.5. The first-order valence-electron chi connectivity index (χ1n) is 20.9. The third-order valence-corrected chi connectivity index (χ3v) is 12.6. The molecule has 8 rings (SSSR count). The Balaban J connectivity index is 0.823. The minimum Gasteiger partial charge on any atom is -0.496 e. The van der Waals surface area contributed by atoms with Crippen LogP contribution in [0.5, 0.6) is 5.75 Å². The molecule has 1 saturated carbocycles. The second-order valence-corrected chi connectivity index (χ2v) is 16.4. The Hall–Kier alpha value is -5.83. The van der Waals surface area contributed by atoms with Crippen LogP contribution in [0.25, 0.3) is 11.0 Å². The lowest BCUT2D eigenvalue weighted by Gasteiger charge is -2.40. The molecule has 310 valence electrons. The number of Topliss-reactive ketones (excluding diaryl/α,β-unsaturated/α-hetero) is 1. The number of carbonyl (C=O) groups excluding carboxylic acids is 4. The van der Waals surface area contributed by atoms with Crippen LogP contribution in [-0.2, 0) is 9.59 Å². The van der Waals surface area contributed by atoms with E-state index in [1.54, 1.807) is 23.8 Å². The molecule has 0 unspecified atom stereocenters. The highest BCUT2D eigenvalue weighted by molar-refractivity contribution is 6.04. The van der Waals surface area contributed by atoms with Gasteiger partial charge in [-0.25, -0.2) is 4.98 Å². The Kier molecular flexibility index (Phi) is 11.6. The number of ketones is 1. The number of methoxy groups -OCH3 is 1. The predicted octanol–water partition coefficient (Wildman–Crippen LogP) is 4.74. The molecular formula is C44H53N9O6. The third-order valence-electron chi connectivity index (χ3n) is 12.6. The highest BCUT2D eigenvalue weighted by Crippen LogP contribution is 2.33. The van der Waals surface area contributed by atoms with Gasteiger partial charge in [-0.2, -0.15) is 4.98 Å². The lowest BCUT2D eigenvalue weighted by Crippen LogP contribution is -2.52. The van der Waals surface area contributed by atoms with Gasteiger partial charge in [0.25, 0.3) is 11.5 Å². The molecule has 15 heteroatoms. The zero-order valence-corrected chi connectivity index (χ0v) is 34.1. The minimum absolute atomic E-state index is 0.0274. The maximum atomic E-state index is 13.6. The molecule has 0 bridgehead atoms. The molecule has 3 N–H and O–H groups in total. The fourth-order valence-electron chi connectivity index (χ4n) is 9.25. The molecule has 3 saturated heterocycles. The van der Waals surface area contributed by atoms with Gasteiger partial charge >= 0.3 is 0 Å². The van der Waals surface area contributed by atoms with Crippen molar-refractivity contribution >= 4 is 57.5 Å². The Labute approximate surface area is 343 Å². The first-order chi connectivity index (χ1) is 28.6. The van der Waals surface area contributed by atoms with Crippen molar-refractivity contribution in [3.8, 4) is 5.75 Å². The standard InChI is InChI=1S/C44H53N9O6/c1-27-35-25-45-44(49-40(35)53(32-6-4-5-7-32)43(58)39(27)28(2)54)46-30-8-10-31(11-9-30)52-22-20-50(21-23-52)26-29-16-18-51(19-17-29)33-12-13-34(37(24-33)59-3)41(56)47-36-14-15-38(55)48-42(36)57/h8-13,24-25,29,32,36H,4-7,14-23,26H2,1-3H3,(H,47,56)(H,45,46,49)(H,48,55,57)/t36-/m0/s1. The van der Waals surface area contributed by atoms with Crippen LogP contribution in [0.3, 0.4) is 0 Å². The number of nitrogens with zero attached hydrogens (tertiary/aromatic N) is 6. The number of rotatable bonds is 11. The number of piperidine rings is 2. The third kappa shape index (κ3) is 8.52. The van der Waals surface area contributed by atoms with E-state index < -0.39 is 17.9 Å². The second kappa shape index (κ2) is 17.2. The van der Waals surface area contributed by atoms with E-state index in [1.807, 2.05) is 24.3 Å². The van der Waals surface area contributed by atoms with Gasteiger partial charge in [0.15, 0.2) is 5.78 Å². The molecule has 4 aliphatic rings. The zero-order valence-electron chi connectivity index (χ0n) is 34.1. The van der Waals surface area contributed by atoms with Crippen LogP contribution in [0.15, 0.2) is 53.5 Å². The van der Waals surface area contributed by atoms with Crippen molar-refractivity contribution < 1.29 is 23.9 Å². The lowest BCUT2D eigenvalue weighted by molar-refractivity contribution is -0.134. The fraction of sp³-hybridized carbons (Fsp3) is 0.477. The summed E-state index contributed by atoms with van der Waals surface area (Å²) in [6, 6.07) is 13.2. The van der Waals surface area contributed by atoms with Crippen LogP contribution in [0.2, 0.25) is 0 Å². The zero-order chi connectivity index (χ0) is 41.2. The van der Waals surface area contributed by atoms with Crippen LogP contribution in [-0.4, -0.2) is 102 Å². The van der Waals surface area contributed by atoms with Crippen LogP contribution >= 0.6 is 0 Å². The molecule has 5 heterocycles. The number of amides is 3. The summed E-state index contributed by atoms with van der Waals surface area (Å²) in [5.41, 5.74) is 4.56. The normalized spacial score (nSPS) is 19.5. The Morgan fingerprint density at radius 2 is 1.58 bits per heavy atom. The van der Waals surface area contributed by atoms with Crippen LogP contribution in [0.1, 0.15) is 90.6 Å². The number of benzene rings is 2. The molecule has 2 aromatic heterocycles. The monoisotopic (exact) mass is 803 g/mol. The molecule has 59 heavy (non-hydrogen) atoms. The molecular weight excluding hydrogens is 751 g/mol. The summed E-state index contributed by atoms with van der Waals surface area (Å²) in [5, 5.41) is 9.08. The Morgan fingerprint density at radius 1 is 0.881 bits per heavy atom. The van der Waals surface area contributed by atoms with Crippen molar-refractivity contribution in [3.05, 3.63) is 75.7 Å². The number of carbonyl (C=O) groups is 4. The van der Waals surface area contributed by atoms with E-state index in [0.29, 0.717) is 34.4 Å². The van der Waals surface area contributed by atoms with E-state index in [-0.39, 0.29) is 41.7 Å². The topological polar surface area (TPSA) is 171 Å². The number of imide groups is 1. The number of anilines is 4. The van der Waals surface area contributed by atoms with Crippen molar-refractivity contribution in [2.75, 3.05) is 68.0 Å². The van der Waals surface area contributed by atoms with E-state index in [1.165, 1.54) is 19.7 Å². The van der Waals surface area contributed by atoms with Crippen LogP contribution in [0, 0.1) is 12.8 Å². The summed E-state index contributed by atoms with van der Waals surface area (Å²) < 4.78 is 7.33.